The highest BCUT2D eigenvalue weighted by Gasteiger charge is 2.16. The number of hydrogen-bond acceptors (Lipinski definition) is 1. The van der Waals surface area contributed by atoms with E-state index in [9.17, 15) is 0 Å². The van der Waals surface area contributed by atoms with Crippen LogP contribution in [0.15, 0.2) is 12.3 Å². The lowest BCUT2D eigenvalue weighted by molar-refractivity contribution is 0.555. The molecule has 0 saturated heterocycles. The smallest absolute Gasteiger partial charge is 0.0219 e. The summed E-state index contributed by atoms with van der Waals surface area (Å²) >= 11 is 0. The molecular formula is C9H14N2. The van der Waals surface area contributed by atoms with Crippen molar-refractivity contribution in [2.75, 3.05) is 0 Å². The van der Waals surface area contributed by atoms with Crippen LogP contribution in [0.1, 0.15) is 17.7 Å². The van der Waals surface area contributed by atoms with Gasteiger partial charge < -0.3 is 10.3 Å². The van der Waals surface area contributed by atoms with Gasteiger partial charge in [-0.3, -0.25) is 0 Å². The number of fused-ring (bicyclic) bond motifs is 1. The van der Waals surface area contributed by atoms with Crippen LogP contribution in [0.25, 0.3) is 0 Å². The van der Waals surface area contributed by atoms with Crippen molar-refractivity contribution in [3.05, 3.63) is 23.5 Å². The van der Waals surface area contributed by atoms with Gasteiger partial charge in [0.1, 0.15) is 0 Å². The summed E-state index contributed by atoms with van der Waals surface area (Å²) in [7, 11) is 2.09. The zero-order valence-electron chi connectivity index (χ0n) is 6.88. The Morgan fingerprint density at radius 2 is 2.45 bits per heavy atom. The third-order valence-corrected chi connectivity index (χ3v) is 2.54. The molecule has 2 nitrogen and oxygen atoms in total. The molecule has 2 heteroatoms. The van der Waals surface area contributed by atoms with Crippen LogP contribution in [0.3, 0.4) is 0 Å². The predicted molar refractivity (Wildman–Crippen MR) is 45.4 cm³/mol. The lowest BCUT2D eigenvalue weighted by Gasteiger charge is -2.19. The summed E-state index contributed by atoms with van der Waals surface area (Å²) in [4.78, 5) is 0. The first-order chi connectivity index (χ1) is 5.27. The Kier molecular flexibility index (Phi) is 1.50. The Bertz CT molecular complexity index is 263. The SMILES string of the molecule is Cn1ccc2c1CC(N)CC2. The van der Waals surface area contributed by atoms with Gasteiger partial charge in [-0.25, -0.2) is 0 Å². The summed E-state index contributed by atoms with van der Waals surface area (Å²) in [5.41, 5.74) is 8.79. The van der Waals surface area contributed by atoms with Gasteiger partial charge in [0, 0.05) is 31.4 Å². The average molecular weight is 150 g/mol. The van der Waals surface area contributed by atoms with Gasteiger partial charge in [0.25, 0.3) is 0 Å². The summed E-state index contributed by atoms with van der Waals surface area (Å²) in [5.74, 6) is 0. The summed E-state index contributed by atoms with van der Waals surface area (Å²) in [6.45, 7) is 0. The van der Waals surface area contributed by atoms with Crippen LogP contribution in [0.2, 0.25) is 0 Å². The van der Waals surface area contributed by atoms with Gasteiger partial charge in [-0.1, -0.05) is 0 Å². The van der Waals surface area contributed by atoms with Crippen molar-refractivity contribution in [1.82, 2.24) is 4.57 Å². The first kappa shape index (κ1) is 6.92. The van der Waals surface area contributed by atoms with Gasteiger partial charge in [-0.2, -0.15) is 0 Å². The third-order valence-electron chi connectivity index (χ3n) is 2.54. The van der Waals surface area contributed by atoms with Crippen molar-refractivity contribution in [1.29, 1.82) is 0 Å². The molecule has 1 aliphatic rings. The van der Waals surface area contributed by atoms with Gasteiger partial charge in [-0.05, 0) is 24.5 Å². The highest BCUT2D eigenvalue weighted by Crippen LogP contribution is 2.20. The minimum Gasteiger partial charge on any atom is -0.354 e. The molecule has 0 fully saturated rings. The van der Waals surface area contributed by atoms with Crippen molar-refractivity contribution < 1.29 is 0 Å². The Morgan fingerprint density at radius 1 is 1.64 bits per heavy atom. The molecule has 0 bridgehead atoms. The zero-order valence-corrected chi connectivity index (χ0v) is 6.88. The van der Waals surface area contributed by atoms with Gasteiger partial charge in [0.05, 0.1) is 0 Å². The lowest BCUT2D eigenvalue weighted by Crippen LogP contribution is -2.28. The van der Waals surface area contributed by atoms with E-state index in [-0.39, 0.29) is 0 Å². The molecule has 0 aromatic carbocycles. The first-order valence-electron chi connectivity index (χ1n) is 4.16. The van der Waals surface area contributed by atoms with Gasteiger partial charge >= 0.3 is 0 Å². The van der Waals surface area contributed by atoms with Crippen LogP contribution >= 0.6 is 0 Å². The molecule has 1 aromatic rings. The van der Waals surface area contributed by atoms with Crippen molar-refractivity contribution in [2.24, 2.45) is 12.8 Å². The summed E-state index contributed by atoms with van der Waals surface area (Å²) < 4.78 is 2.19. The van der Waals surface area contributed by atoms with Gasteiger partial charge in [0.2, 0.25) is 0 Å². The van der Waals surface area contributed by atoms with E-state index < -0.39 is 0 Å². The molecule has 1 heterocycles. The second-order valence-corrected chi connectivity index (χ2v) is 3.40. The quantitative estimate of drug-likeness (QED) is 0.583. The standard InChI is InChI=1S/C9H14N2/c1-11-5-4-7-2-3-8(10)6-9(7)11/h4-5,8H,2-3,6,10H2,1H3. The van der Waals surface area contributed by atoms with Crippen molar-refractivity contribution >= 4 is 0 Å². The monoisotopic (exact) mass is 150 g/mol. The van der Waals surface area contributed by atoms with Gasteiger partial charge in [0.15, 0.2) is 0 Å². The number of aryl methyl sites for hydroxylation is 2. The first-order valence-corrected chi connectivity index (χ1v) is 4.16. The maximum Gasteiger partial charge on any atom is 0.0219 e. The van der Waals surface area contributed by atoms with Crippen LogP contribution in [-0.2, 0) is 19.9 Å². The van der Waals surface area contributed by atoms with Crippen LogP contribution in [0.4, 0.5) is 0 Å². The van der Waals surface area contributed by atoms with E-state index in [0.717, 1.165) is 19.3 Å². The molecule has 1 aliphatic carbocycles. The predicted octanol–water partition coefficient (Wildman–Crippen LogP) is 0.841. The minimum absolute atomic E-state index is 0.385. The zero-order chi connectivity index (χ0) is 7.84. The number of nitrogens with zero attached hydrogens (tertiary/aromatic N) is 1. The van der Waals surface area contributed by atoms with E-state index >= 15 is 0 Å². The van der Waals surface area contributed by atoms with Crippen LogP contribution in [-0.4, -0.2) is 10.6 Å². The maximum absolute atomic E-state index is 5.86. The normalized spacial score (nSPS) is 23.3. The molecule has 1 unspecified atom stereocenters. The molecule has 0 amide bonds. The molecule has 0 saturated carbocycles. The Balaban J connectivity index is 2.37. The van der Waals surface area contributed by atoms with Crippen LogP contribution in [0.5, 0.6) is 0 Å². The molecule has 0 spiro atoms. The second-order valence-electron chi connectivity index (χ2n) is 3.40. The molecule has 1 atom stereocenters. The summed E-state index contributed by atoms with van der Waals surface area (Å²) in [6.07, 6.45) is 5.50. The highest BCUT2D eigenvalue weighted by molar-refractivity contribution is 5.25. The number of hydrogen-bond donors (Lipinski definition) is 1. The largest absolute Gasteiger partial charge is 0.354 e. The van der Waals surface area contributed by atoms with E-state index in [0.29, 0.717) is 6.04 Å². The van der Waals surface area contributed by atoms with Crippen LogP contribution < -0.4 is 5.73 Å². The molecule has 11 heavy (non-hydrogen) atoms. The van der Waals surface area contributed by atoms with Crippen LogP contribution in [0, 0.1) is 0 Å². The molecule has 2 N–H and O–H groups in total. The lowest BCUT2D eigenvalue weighted by atomic mass is 9.94. The van der Waals surface area contributed by atoms with E-state index in [1.807, 2.05) is 0 Å². The second kappa shape index (κ2) is 2.38. The molecule has 2 rings (SSSR count). The number of nitrogens with two attached hydrogens (primary N) is 1. The summed E-state index contributed by atoms with van der Waals surface area (Å²) in [5, 5.41) is 0. The Morgan fingerprint density at radius 3 is 3.27 bits per heavy atom. The van der Waals surface area contributed by atoms with E-state index in [1.54, 1.807) is 0 Å². The van der Waals surface area contributed by atoms with E-state index in [2.05, 4.69) is 23.9 Å². The molecule has 0 radical (unpaired) electrons. The number of aromatic nitrogens is 1. The fourth-order valence-corrected chi connectivity index (χ4v) is 1.81. The molecular weight excluding hydrogens is 136 g/mol. The average Bonchev–Trinajstić information content (AvgIpc) is 2.33. The topological polar surface area (TPSA) is 30.9 Å². The Labute approximate surface area is 67.0 Å². The molecule has 1 aromatic heterocycles. The molecule has 0 aliphatic heterocycles. The van der Waals surface area contributed by atoms with E-state index in [4.69, 9.17) is 5.73 Å². The fraction of sp³-hybridized carbons (Fsp3) is 0.556. The maximum atomic E-state index is 5.86. The third kappa shape index (κ3) is 1.07. The minimum atomic E-state index is 0.385. The highest BCUT2D eigenvalue weighted by atomic mass is 14.9. The fourth-order valence-electron chi connectivity index (χ4n) is 1.81. The van der Waals surface area contributed by atoms with E-state index in [1.165, 1.54) is 11.3 Å². The molecule has 60 valence electrons. The van der Waals surface area contributed by atoms with Crippen molar-refractivity contribution in [3.8, 4) is 0 Å². The number of rotatable bonds is 0. The van der Waals surface area contributed by atoms with Gasteiger partial charge in [-0.15, -0.1) is 0 Å². The van der Waals surface area contributed by atoms with Crippen molar-refractivity contribution in [2.45, 2.75) is 25.3 Å². The Hall–Kier alpha value is -0.760. The van der Waals surface area contributed by atoms with Crippen molar-refractivity contribution in [3.63, 3.8) is 0 Å². The summed E-state index contributed by atoms with van der Waals surface area (Å²) in [6, 6.07) is 2.59.